The van der Waals surface area contributed by atoms with Crippen LogP contribution >= 0.6 is 0 Å². The van der Waals surface area contributed by atoms with Crippen LogP contribution in [0.2, 0.25) is 0 Å². The summed E-state index contributed by atoms with van der Waals surface area (Å²) >= 11 is 0. The highest BCUT2D eigenvalue weighted by Gasteiger charge is 2.46. The average molecular weight is 249 g/mol. The van der Waals surface area contributed by atoms with E-state index in [1.807, 2.05) is 6.92 Å². The van der Waals surface area contributed by atoms with Gasteiger partial charge in [0.15, 0.2) is 0 Å². The van der Waals surface area contributed by atoms with Crippen molar-refractivity contribution >= 4 is 23.0 Å². The van der Waals surface area contributed by atoms with Gasteiger partial charge in [-0.25, -0.2) is 0 Å². The van der Waals surface area contributed by atoms with Crippen molar-refractivity contribution in [1.82, 2.24) is 0 Å². The average Bonchev–Trinajstić information content (AvgIpc) is 2.47. The van der Waals surface area contributed by atoms with Gasteiger partial charge < -0.3 is 10.6 Å². The van der Waals surface area contributed by atoms with Crippen molar-refractivity contribution in [2.75, 3.05) is 17.2 Å². The van der Waals surface area contributed by atoms with Gasteiger partial charge in [-0.2, -0.15) is 0 Å². The van der Waals surface area contributed by atoms with Crippen molar-refractivity contribution in [3.8, 4) is 0 Å². The molecule has 0 bridgehead atoms. The largest absolute Gasteiger partial charge is 0.393 e. The third-order valence-corrected chi connectivity index (χ3v) is 3.41. The first kappa shape index (κ1) is 12.3. The quantitative estimate of drug-likeness (QED) is 0.491. The summed E-state index contributed by atoms with van der Waals surface area (Å²) in [6.45, 7) is 5.86. The summed E-state index contributed by atoms with van der Waals surface area (Å²) in [4.78, 5) is 24.2. The monoisotopic (exact) mass is 249 g/mol. The topological polar surface area (TPSA) is 89.5 Å². The van der Waals surface area contributed by atoms with E-state index in [4.69, 9.17) is 5.73 Å². The smallest absolute Gasteiger partial charge is 0.292 e. The van der Waals surface area contributed by atoms with Gasteiger partial charge in [0.05, 0.1) is 16.0 Å². The molecule has 6 nitrogen and oxygen atoms in total. The van der Waals surface area contributed by atoms with E-state index in [0.29, 0.717) is 17.8 Å². The zero-order valence-electron chi connectivity index (χ0n) is 10.6. The molecular formula is C12H15N3O3. The minimum atomic E-state index is -0.818. The number of amides is 1. The van der Waals surface area contributed by atoms with Gasteiger partial charge in [0.1, 0.15) is 5.69 Å². The van der Waals surface area contributed by atoms with Crippen molar-refractivity contribution in [2.24, 2.45) is 0 Å². The lowest BCUT2D eigenvalue weighted by Gasteiger charge is -2.18. The van der Waals surface area contributed by atoms with Crippen LogP contribution in [0.5, 0.6) is 0 Å². The molecule has 2 rings (SSSR count). The minimum Gasteiger partial charge on any atom is -0.393 e. The lowest BCUT2D eigenvalue weighted by atomic mass is 9.84. The number of benzene rings is 1. The number of hydrogen-bond acceptors (Lipinski definition) is 4. The van der Waals surface area contributed by atoms with Crippen LogP contribution in [0.1, 0.15) is 26.3 Å². The molecule has 0 saturated carbocycles. The highest BCUT2D eigenvalue weighted by atomic mass is 16.6. The predicted molar refractivity (Wildman–Crippen MR) is 68.6 cm³/mol. The Labute approximate surface area is 105 Å². The zero-order chi connectivity index (χ0) is 13.7. The van der Waals surface area contributed by atoms with Crippen LogP contribution in [0.25, 0.3) is 0 Å². The van der Waals surface area contributed by atoms with E-state index in [2.05, 4.69) is 0 Å². The van der Waals surface area contributed by atoms with E-state index in [1.54, 1.807) is 24.8 Å². The number of carbonyl (C=O) groups is 1. The van der Waals surface area contributed by atoms with Gasteiger partial charge in [-0.05, 0) is 26.8 Å². The molecule has 2 N–H and O–H groups in total. The summed E-state index contributed by atoms with van der Waals surface area (Å²) in [6, 6.07) is 2.95. The lowest BCUT2D eigenvalue weighted by molar-refractivity contribution is -0.383. The van der Waals surface area contributed by atoms with Crippen LogP contribution in [0.15, 0.2) is 12.1 Å². The summed E-state index contributed by atoms with van der Waals surface area (Å²) < 4.78 is 0. The van der Waals surface area contributed by atoms with Crippen LogP contribution in [0, 0.1) is 10.1 Å². The molecule has 1 aromatic carbocycles. The Kier molecular flexibility index (Phi) is 2.53. The summed E-state index contributed by atoms with van der Waals surface area (Å²) in [6.07, 6.45) is 0. The van der Waals surface area contributed by atoms with Crippen LogP contribution in [0.3, 0.4) is 0 Å². The summed E-state index contributed by atoms with van der Waals surface area (Å²) in [5, 5.41) is 10.9. The number of hydrogen-bond donors (Lipinski definition) is 1. The maximum atomic E-state index is 12.2. The van der Waals surface area contributed by atoms with Gasteiger partial charge in [-0.3, -0.25) is 14.9 Å². The first-order valence-corrected chi connectivity index (χ1v) is 5.71. The van der Waals surface area contributed by atoms with Crippen LogP contribution in [-0.4, -0.2) is 17.4 Å². The minimum absolute atomic E-state index is 0.0767. The molecule has 1 aliphatic heterocycles. The molecule has 6 heteroatoms. The number of nitrogens with zero attached hydrogens (tertiary/aromatic N) is 2. The van der Waals surface area contributed by atoms with E-state index < -0.39 is 10.3 Å². The van der Waals surface area contributed by atoms with Gasteiger partial charge in [0, 0.05) is 18.2 Å². The highest BCUT2D eigenvalue weighted by molar-refractivity contribution is 6.10. The molecule has 96 valence electrons. The first-order chi connectivity index (χ1) is 8.32. The third kappa shape index (κ3) is 1.38. The van der Waals surface area contributed by atoms with Crippen molar-refractivity contribution in [1.29, 1.82) is 0 Å². The molecule has 0 spiro atoms. The second kappa shape index (κ2) is 3.69. The maximum Gasteiger partial charge on any atom is 0.292 e. The number of nitrogen functional groups attached to an aromatic ring is 1. The molecular weight excluding hydrogens is 234 g/mol. The third-order valence-electron chi connectivity index (χ3n) is 3.41. The molecule has 0 saturated heterocycles. The van der Waals surface area contributed by atoms with Crippen molar-refractivity contribution in [2.45, 2.75) is 26.2 Å². The SMILES string of the molecule is CCN1C(=O)C(C)(C)c2c1ccc([N+](=O)[O-])c2N. The molecule has 0 fully saturated rings. The van der Waals surface area contributed by atoms with Gasteiger partial charge in [-0.15, -0.1) is 0 Å². The first-order valence-electron chi connectivity index (χ1n) is 5.71. The highest BCUT2D eigenvalue weighted by Crippen LogP contribution is 2.47. The van der Waals surface area contributed by atoms with E-state index >= 15 is 0 Å². The number of anilines is 2. The molecule has 0 unspecified atom stereocenters. The number of rotatable bonds is 2. The Balaban J connectivity index is 2.75. The number of carbonyl (C=O) groups excluding carboxylic acids is 1. The Morgan fingerprint density at radius 3 is 2.56 bits per heavy atom. The van der Waals surface area contributed by atoms with E-state index in [9.17, 15) is 14.9 Å². The molecule has 0 aromatic heterocycles. The normalized spacial score (nSPS) is 16.8. The maximum absolute atomic E-state index is 12.2. The van der Waals surface area contributed by atoms with Crippen LogP contribution in [-0.2, 0) is 10.2 Å². The fourth-order valence-electron chi connectivity index (χ4n) is 2.51. The molecule has 0 atom stereocenters. The fraction of sp³-hybridized carbons (Fsp3) is 0.417. The second-order valence-corrected chi connectivity index (χ2v) is 4.82. The number of nitro groups is 1. The zero-order valence-corrected chi connectivity index (χ0v) is 10.6. The number of likely N-dealkylation sites (N-methyl/N-ethyl adjacent to an activating group) is 1. The van der Waals surface area contributed by atoms with Gasteiger partial charge >= 0.3 is 0 Å². The molecule has 0 radical (unpaired) electrons. The van der Waals surface area contributed by atoms with Gasteiger partial charge in [0.25, 0.3) is 5.69 Å². The van der Waals surface area contributed by atoms with Crippen LogP contribution in [0.4, 0.5) is 17.1 Å². The number of nitrogens with two attached hydrogens (primary N) is 1. The molecule has 0 aliphatic carbocycles. The number of nitro benzene ring substituents is 1. The Hall–Kier alpha value is -2.11. The van der Waals surface area contributed by atoms with E-state index in [-0.39, 0.29) is 17.3 Å². The van der Waals surface area contributed by atoms with E-state index in [0.717, 1.165) is 0 Å². The molecule has 1 heterocycles. The number of fused-ring (bicyclic) bond motifs is 1. The van der Waals surface area contributed by atoms with Crippen LogP contribution < -0.4 is 10.6 Å². The van der Waals surface area contributed by atoms with Crippen molar-refractivity contribution in [3.05, 3.63) is 27.8 Å². The Bertz CT molecular complexity index is 552. The van der Waals surface area contributed by atoms with Gasteiger partial charge in [0.2, 0.25) is 5.91 Å². The standard InChI is InChI=1S/C12H15N3O3/c1-4-14-7-5-6-8(15(17)18)10(13)9(7)12(2,3)11(14)16/h5-6H,4,13H2,1-3H3. The van der Waals surface area contributed by atoms with Gasteiger partial charge in [-0.1, -0.05) is 0 Å². The fourth-order valence-corrected chi connectivity index (χ4v) is 2.51. The lowest BCUT2D eigenvalue weighted by Crippen LogP contribution is -2.36. The molecule has 1 amide bonds. The van der Waals surface area contributed by atoms with Crippen molar-refractivity contribution < 1.29 is 9.72 Å². The predicted octanol–water partition coefficient (Wildman–Crippen LogP) is 1.82. The molecule has 1 aromatic rings. The molecule has 1 aliphatic rings. The van der Waals surface area contributed by atoms with E-state index in [1.165, 1.54) is 6.07 Å². The second-order valence-electron chi connectivity index (χ2n) is 4.82. The summed E-state index contributed by atoms with van der Waals surface area (Å²) in [5.41, 5.74) is 6.23. The van der Waals surface area contributed by atoms with Crippen molar-refractivity contribution in [3.63, 3.8) is 0 Å². The summed E-state index contributed by atoms with van der Waals surface area (Å²) in [7, 11) is 0. The summed E-state index contributed by atoms with van der Waals surface area (Å²) in [5.74, 6) is -0.0767. The Morgan fingerprint density at radius 1 is 1.44 bits per heavy atom. The molecule has 18 heavy (non-hydrogen) atoms. The Morgan fingerprint density at radius 2 is 2.06 bits per heavy atom.